The molecule has 2 aromatic carbocycles. The molecule has 138 valence electrons. The number of anilines is 2. The summed E-state index contributed by atoms with van der Waals surface area (Å²) in [5.41, 5.74) is 4.99. The standard InChI is InChI=1S/C22H29N3O/c1-16-6-5-7-19(12-16)24-21(26)17-13-18(22(2,3)4)15-20(14-17)25-10-8-23-9-11-25/h5-7,12-15,23H,8-11H2,1-4H3,(H,24,26). The van der Waals surface area contributed by atoms with Crippen LogP contribution in [0.1, 0.15) is 42.3 Å². The van der Waals surface area contributed by atoms with E-state index < -0.39 is 0 Å². The van der Waals surface area contributed by atoms with Crippen molar-refractivity contribution in [3.05, 3.63) is 59.2 Å². The lowest BCUT2D eigenvalue weighted by molar-refractivity contribution is 0.102. The van der Waals surface area contributed by atoms with Gasteiger partial charge < -0.3 is 15.5 Å². The molecule has 3 rings (SSSR count). The number of hydrogen-bond donors (Lipinski definition) is 2. The summed E-state index contributed by atoms with van der Waals surface area (Å²) in [5.74, 6) is -0.0573. The van der Waals surface area contributed by atoms with Crippen LogP contribution in [0.15, 0.2) is 42.5 Å². The van der Waals surface area contributed by atoms with Crippen molar-refractivity contribution < 1.29 is 4.79 Å². The van der Waals surface area contributed by atoms with Gasteiger partial charge in [-0.1, -0.05) is 32.9 Å². The third kappa shape index (κ3) is 4.44. The van der Waals surface area contributed by atoms with E-state index in [0.717, 1.165) is 43.1 Å². The Labute approximate surface area is 156 Å². The number of hydrogen-bond acceptors (Lipinski definition) is 3. The molecule has 0 aliphatic carbocycles. The number of carbonyl (C=O) groups excluding carboxylic acids is 1. The highest BCUT2D eigenvalue weighted by Gasteiger charge is 2.20. The quantitative estimate of drug-likeness (QED) is 0.880. The van der Waals surface area contributed by atoms with E-state index in [1.54, 1.807) is 0 Å². The molecule has 1 amide bonds. The highest BCUT2D eigenvalue weighted by Crippen LogP contribution is 2.29. The van der Waals surface area contributed by atoms with Crippen molar-refractivity contribution in [1.29, 1.82) is 0 Å². The summed E-state index contributed by atoms with van der Waals surface area (Å²) in [4.78, 5) is 15.3. The Morgan fingerprint density at radius 3 is 2.46 bits per heavy atom. The molecule has 1 saturated heterocycles. The minimum absolute atomic E-state index is 0.0115. The molecule has 0 saturated carbocycles. The van der Waals surface area contributed by atoms with Crippen LogP contribution >= 0.6 is 0 Å². The lowest BCUT2D eigenvalue weighted by Gasteiger charge is -2.31. The number of piperazine rings is 1. The van der Waals surface area contributed by atoms with Gasteiger partial charge in [-0.15, -0.1) is 0 Å². The Balaban J connectivity index is 1.92. The topological polar surface area (TPSA) is 44.4 Å². The first-order chi connectivity index (χ1) is 12.3. The molecule has 1 heterocycles. The Morgan fingerprint density at radius 2 is 1.81 bits per heavy atom. The number of amides is 1. The summed E-state index contributed by atoms with van der Waals surface area (Å²) in [6, 6.07) is 14.2. The zero-order valence-corrected chi connectivity index (χ0v) is 16.2. The zero-order valence-electron chi connectivity index (χ0n) is 16.2. The summed E-state index contributed by atoms with van der Waals surface area (Å²) in [6.07, 6.45) is 0. The van der Waals surface area contributed by atoms with Crippen LogP contribution in [0, 0.1) is 6.92 Å². The van der Waals surface area contributed by atoms with Gasteiger partial charge in [-0.2, -0.15) is 0 Å². The van der Waals surface area contributed by atoms with E-state index in [2.05, 4.69) is 42.4 Å². The van der Waals surface area contributed by atoms with Crippen LogP contribution in [0.3, 0.4) is 0 Å². The van der Waals surface area contributed by atoms with E-state index >= 15 is 0 Å². The summed E-state index contributed by atoms with van der Waals surface area (Å²) < 4.78 is 0. The molecule has 0 spiro atoms. The van der Waals surface area contributed by atoms with Crippen LogP contribution in [-0.4, -0.2) is 32.1 Å². The van der Waals surface area contributed by atoms with E-state index in [1.165, 1.54) is 5.56 Å². The smallest absolute Gasteiger partial charge is 0.255 e. The van der Waals surface area contributed by atoms with E-state index in [1.807, 2.05) is 43.3 Å². The van der Waals surface area contributed by atoms with Crippen molar-refractivity contribution in [3.63, 3.8) is 0 Å². The van der Waals surface area contributed by atoms with Crippen LogP contribution < -0.4 is 15.5 Å². The maximum absolute atomic E-state index is 12.9. The maximum Gasteiger partial charge on any atom is 0.255 e. The first-order valence-corrected chi connectivity index (χ1v) is 9.32. The van der Waals surface area contributed by atoms with Gasteiger partial charge in [0.25, 0.3) is 5.91 Å². The first-order valence-electron chi connectivity index (χ1n) is 9.32. The van der Waals surface area contributed by atoms with E-state index in [0.29, 0.717) is 5.56 Å². The normalized spacial score (nSPS) is 15.0. The third-order valence-corrected chi connectivity index (χ3v) is 4.80. The second-order valence-electron chi connectivity index (χ2n) is 8.08. The van der Waals surface area contributed by atoms with Gasteiger partial charge in [0.15, 0.2) is 0 Å². The fourth-order valence-electron chi connectivity index (χ4n) is 3.21. The number of nitrogens with one attached hydrogen (secondary N) is 2. The maximum atomic E-state index is 12.9. The average Bonchev–Trinajstić information content (AvgIpc) is 2.61. The van der Waals surface area contributed by atoms with Crippen LogP contribution in [-0.2, 0) is 5.41 Å². The molecule has 26 heavy (non-hydrogen) atoms. The average molecular weight is 351 g/mol. The summed E-state index contributed by atoms with van der Waals surface area (Å²) in [5, 5.41) is 6.42. The molecule has 2 N–H and O–H groups in total. The predicted molar refractivity (Wildman–Crippen MR) is 109 cm³/mol. The molecule has 0 aromatic heterocycles. The molecular formula is C22H29N3O. The fourth-order valence-corrected chi connectivity index (χ4v) is 3.21. The van der Waals surface area contributed by atoms with E-state index in [9.17, 15) is 4.79 Å². The molecule has 4 nitrogen and oxygen atoms in total. The fraction of sp³-hybridized carbons (Fsp3) is 0.409. The summed E-state index contributed by atoms with van der Waals surface area (Å²) >= 11 is 0. The molecule has 1 fully saturated rings. The first kappa shape index (κ1) is 18.5. The van der Waals surface area contributed by atoms with Crippen molar-refractivity contribution in [3.8, 4) is 0 Å². The minimum Gasteiger partial charge on any atom is -0.369 e. The van der Waals surface area contributed by atoms with Crippen molar-refractivity contribution in [2.24, 2.45) is 0 Å². The van der Waals surface area contributed by atoms with Crippen molar-refractivity contribution in [1.82, 2.24) is 5.32 Å². The second kappa shape index (κ2) is 7.50. The molecule has 0 unspecified atom stereocenters. The SMILES string of the molecule is Cc1cccc(NC(=O)c2cc(N3CCNCC3)cc(C(C)(C)C)c2)c1. The summed E-state index contributed by atoms with van der Waals surface area (Å²) in [7, 11) is 0. The number of nitrogens with zero attached hydrogens (tertiary/aromatic N) is 1. The monoisotopic (exact) mass is 351 g/mol. The Morgan fingerprint density at radius 1 is 1.08 bits per heavy atom. The molecule has 0 atom stereocenters. The van der Waals surface area contributed by atoms with E-state index in [-0.39, 0.29) is 11.3 Å². The second-order valence-corrected chi connectivity index (χ2v) is 8.08. The third-order valence-electron chi connectivity index (χ3n) is 4.80. The molecular weight excluding hydrogens is 322 g/mol. The Bertz CT molecular complexity index is 786. The van der Waals surface area contributed by atoms with Gasteiger partial charge >= 0.3 is 0 Å². The van der Waals surface area contributed by atoms with Gasteiger partial charge in [0, 0.05) is 43.1 Å². The lowest BCUT2D eigenvalue weighted by Crippen LogP contribution is -2.43. The molecule has 0 bridgehead atoms. The number of rotatable bonds is 3. The van der Waals surface area contributed by atoms with Crippen LogP contribution in [0.5, 0.6) is 0 Å². The van der Waals surface area contributed by atoms with Gasteiger partial charge in [-0.25, -0.2) is 0 Å². The van der Waals surface area contributed by atoms with Crippen molar-refractivity contribution >= 4 is 17.3 Å². The highest BCUT2D eigenvalue weighted by molar-refractivity contribution is 6.05. The summed E-state index contributed by atoms with van der Waals surface area (Å²) in [6.45, 7) is 12.5. The molecule has 4 heteroatoms. The molecule has 1 aliphatic rings. The van der Waals surface area contributed by atoms with Crippen LogP contribution in [0.2, 0.25) is 0 Å². The predicted octanol–water partition coefficient (Wildman–Crippen LogP) is 3.95. The highest BCUT2D eigenvalue weighted by atomic mass is 16.1. The molecule has 0 radical (unpaired) electrons. The van der Waals surface area contributed by atoms with E-state index in [4.69, 9.17) is 0 Å². The van der Waals surface area contributed by atoms with Gasteiger partial charge in [0.1, 0.15) is 0 Å². The molecule has 1 aliphatic heterocycles. The lowest BCUT2D eigenvalue weighted by atomic mass is 9.85. The largest absolute Gasteiger partial charge is 0.369 e. The van der Waals surface area contributed by atoms with Crippen molar-refractivity contribution in [2.75, 3.05) is 36.4 Å². The van der Waals surface area contributed by atoms with Gasteiger partial charge in [0.05, 0.1) is 0 Å². The zero-order chi connectivity index (χ0) is 18.7. The van der Waals surface area contributed by atoms with Crippen molar-refractivity contribution in [2.45, 2.75) is 33.1 Å². The van der Waals surface area contributed by atoms with Crippen LogP contribution in [0.25, 0.3) is 0 Å². The number of aryl methyl sites for hydroxylation is 1. The minimum atomic E-state index is -0.0573. The van der Waals surface area contributed by atoms with Gasteiger partial charge in [-0.3, -0.25) is 4.79 Å². The number of benzene rings is 2. The van der Waals surface area contributed by atoms with Gasteiger partial charge in [-0.05, 0) is 53.8 Å². The molecule has 2 aromatic rings. The Kier molecular flexibility index (Phi) is 5.33. The number of carbonyl (C=O) groups is 1. The Hall–Kier alpha value is -2.33. The van der Waals surface area contributed by atoms with Gasteiger partial charge in [0.2, 0.25) is 0 Å². The van der Waals surface area contributed by atoms with Crippen LogP contribution in [0.4, 0.5) is 11.4 Å².